The monoisotopic (exact) mass is 188 g/mol. The van der Waals surface area contributed by atoms with Crippen LogP contribution in [-0.2, 0) is 4.74 Å². The third kappa shape index (κ3) is 5.21. The fraction of sp³-hybridized carbons (Fsp3) is 1.00. The average molecular weight is 188 g/mol. The molecule has 1 saturated heterocycles. The summed E-state index contributed by atoms with van der Waals surface area (Å²) in [6, 6.07) is 0. The van der Waals surface area contributed by atoms with Crippen LogP contribution in [0, 0.1) is 0 Å². The highest BCUT2D eigenvalue weighted by atomic mass is 16.5. The van der Waals surface area contributed by atoms with Gasteiger partial charge in [0, 0.05) is 19.6 Å². The molecule has 1 heterocycles. The van der Waals surface area contributed by atoms with Crippen molar-refractivity contribution in [2.45, 2.75) is 19.3 Å². The quantitative estimate of drug-likeness (QED) is 0.575. The molecular formula is C9H20N2O2. The number of aliphatic hydroxyl groups is 1. The van der Waals surface area contributed by atoms with Gasteiger partial charge in [-0.05, 0) is 12.8 Å². The Hall–Kier alpha value is -0.160. The number of piperidine rings is 1. The largest absolute Gasteiger partial charge is 0.394 e. The van der Waals surface area contributed by atoms with E-state index in [1.807, 2.05) is 0 Å². The second-order valence-electron chi connectivity index (χ2n) is 3.29. The normalized spacial score (nSPS) is 19.2. The molecule has 13 heavy (non-hydrogen) atoms. The molecule has 0 aromatic heterocycles. The number of ether oxygens (including phenoxy) is 1. The summed E-state index contributed by atoms with van der Waals surface area (Å²) in [6.07, 6.45) is 3.95. The van der Waals surface area contributed by atoms with Crippen molar-refractivity contribution in [2.75, 3.05) is 39.5 Å². The van der Waals surface area contributed by atoms with Crippen molar-refractivity contribution >= 4 is 0 Å². The summed E-state index contributed by atoms with van der Waals surface area (Å²) in [5.41, 5.74) is 3.31. The lowest BCUT2D eigenvalue weighted by Gasteiger charge is -2.26. The molecule has 0 spiro atoms. The van der Waals surface area contributed by atoms with Gasteiger partial charge in [-0.2, -0.15) is 0 Å². The van der Waals surface area contributed by atoms with E-state index in [0.29, 0.717) is 13.2 Å². The Morgan fingerprint density at radius 3 is 2.62 bits per heavy atom. The summed E-state index contributed by atoms with van der Waals surface area (Å²) in [4.78, 5) is 0. The van der Waals surface area contributed by atoms with Gasteiger partial charge in [0.15, 0.2) is 0 Å². The Bertz CT molecular complexity index is 116. The third-order valence-corrected chi connectivity index (χ3v) is 2.17. The van der Waals surface area contributed by atoms with Crippen molar-refractivity contribution in [1.82, 2.24) is 10.4 Å². The number of hydrazine groups is 1. The number of nitrogens with zero attached hydrogens (tertiary/aromatic N) is 1. The van der Waals surface area contributed by atoms with E-state index < -0.39 is 0 Å². The molecule has 0 aromatic carbocycles. The minimum atomic E-state index is 0.115. The van der Waals surface area contributed by atoms with Gasteiger partial charge in [-0.1, -0.05) is 6.42 Å². The van der Waals surface area contributed by atoms with Crippen molar-refractivity contribution in [3.63, 3.8) is 0 Å². The molecule has 0 unspecified atom stereocenters. The maximum Gasteiger partial charge on any atom is 0.0698 e. The number of nitrogens with one attached hydrogen (secondary N) is 1. The highest BCUT2D eigenvalue weighted by Crippen LogP contribution is 2.05. The maximum absolute atomic E-state index is 8.46. The first kappa shape index (κ1) is 10.9. The van der Waals surface area contributed by atoms with E-state index in [4.69, 9.17) is 9.84 Å². The number of rotatable bonds is 6. The minimum Gasteiger partial charge on any atom is -0.394 e. The van der Waals surface area contributed by atoms with Crippen LogP contribution in [0.1, 0.15) is 19.3 Å². The highest BCUT2D eigenvalue weighted by molar-refractivity contribution is 4.60. The summed E-state index contributed by atoms with van der Waals surface area (Å²) in [6.45, 7) is 4.39. The minimum absolute atomic E-state index is 0.115. The Balaban J connectivity index is 1.86. The topological polar surface area (TPSA) is 44.7 Å². The zero-order valence-corrected chi connectivity index (χ0v) is 8.17. The first-order valence-corrected chi connectivity index (χ1v) is 5.10. The maximum atomic E-state index is 8.46. The van der Waals surface area contributed by atoms with E-state index in [2.05, 4.69) is 10.4 Å². The van der Waals surface area contributed by atoms with Crippen LogP contribution >= 0.6 is 0 Å². The molecule has 1 aliphatic rings. The molecule has 4 heteroatoms. The van der Waals surface area contributed by atoms with Crippen molar-refractivity contribution < 1.29 is 9.84 Å². The summed E-state index contributed by atoms with van der Waals surface area (Å²) in [5.74, 6) is 0. The molecule has 0 saturated carbocycles. The standard InChI is InChI=1S/C9H20N2O2/c12-7-9-13-8-4-10-11-5-2-1-3-6-11/h10,12H,1-9H2. The van der Waals surface area contributed by atoms with E-state index in [0.717, 1.165) is 19.6 Å². The van der Waals surface area contributed by atoms with Gasteiger partial charge in [0.1, 0.15) is 0 Å². The number of hydrogen-bond donors (Lipinski definition) is 2. The fourth-order valence-electron chi connectivity index (χ4n) is 1.49. The summed E-state index contributed by atoms with van der Waals surface area (Å²) >= 11 is 0. The number of aliphatic hydroxyl groups excluding tert-OH is 1. The summed E-state index contributed by atoms with van der Waals surface area (Å²) in [7, 11) is 0. The van der Waals surface area contributed by atoms with E-state index in [1.165, 1.54) is 19.3 Å². The van der Waals surface area contributed by atoms with Crippen LogP contribution in [0.3, 0.4) is 0 Å². The molecule has 4 nitrogen and oxygen atoms in total. The van der Waals surface area contributed by atoms with E-state index >= 15 is 0 Å². The van der Waals surface area contributed by atoms with E-state index in [-0.39, 0.29) is 6.61 Å². The predicted octanol–water partition coefficient (Wildman–Crippen LogP) is -0.0142. The molecule has 1 rings (SSSR count). The van der Waals surface area contributed by atoms with Gasteiger partial charge < -0.3 is 9.84 Å². The summed E-state index contributed by atoms with van der Waals surface area (Å²) in [5, 5.41) is 10.7. The molecule has 2 N–H and O–H groups in total. The van der Waals surface area contributed by atoms with Crippen molar-refractivity contribution in [3.8, 4) is 0 Å². The molecule has 1 fully saturated rings. The van der Waals surface area contributed by atoms with E-state index in [1.54, 1.807) is 0 Å². The van der Waals surface area contributed by atoms with Crippen LogP contribution in [0.15, 0.2) is 0 Å². The average Bonchev–Trinajstić information content (AvgIpc) is 2.19. The molecule has 0 aromatic rings. The first-order chi connectivity index (χ1) is 6.43. The molecular weight excluding hydrogens is 168 g/mol. The van der Waals surface area contributed by atoms with Crippen LogP contribution in [0.5, 0.6) is 0 Å². The SMILES string of the molecule is OCCOCCNN1CCCCC1. The first-order valence-electron chi connectivity index (χ1n) is 5.10. The lowest BCUT2D eigenvalue weighted by molar-refractivity contribution is 0.0731. The Morgan fingerprint density at radius 2 is 1.92 bits per heavy atom. The smallest absolute Gasteiger partial charge is 0.0698 e. The molecule has 0 amide bonds. The van der Waals surface area contributed by atoms with Crippen LogP contribution in [-0.4, -0.2) is 49.6 Å². The molecule has 0 radical (unpaired) electrons. The van der Waals surface area contributed by atoms with Crippen molar-refractivity contribution in [3.05, 3.63) is 0 Å². The van der Waals surface area contributed by atoms with Crippen LogP contribution in [0.4, 0.5) is 0 Å². The lowest BCUT2D eigenvalue weighted by atomic mass is 10.2. The molecule has 0 bridgehead atoms. The van der Waals surface area contributed by atoms with Gasteiger partial charge in [0.2, 0.25) is 0 Å². The summed E-state index contributed by atoms with van der Waals surface area (Å²) < 4.78 is 5.13. The second kappa shape index (κ2) is 7.26. The zero-order chi connectivity index (χ0) is 9.36. The van der Waals surface area contributed by atoms with Gasteiger partial charge in [-0.3, -0.25) is 5.43 Å². The fourth-order valence-corrected chi connectivity index (χ4v) is 1.49. The third-order valence-electron chi connectivity index (χ3n) is 2.17. The second-order valence-corrected chi connectivity index (χ2v) is 3.29. The van der Waals surface area contributed by atoms with Crippen molar-refractivity contribution in [2.24, 2.45) is 0 Å². The number of hydrogen-bond acceptors (Lipinski definition) is 4. The predicted molar refractivity (Wildman–Crippen MR) is 51.3 cm³/mol. The van der Waals surface area contributed by atoms with Gasteiger partial charge in [0.25, 0.3) is 0 Å². The van der Waals surface area contributed by atoms with Gasteiger partial charge in [-0.25, -0.2) is 5.01 Å². The molecule has 0 aliphatic carbocycles. The van der Waals surface area contributed by atoms with Crippen LogP contribution in [0.2, 0.25) is 0 Å². The Morgan fingerprint density at radius 1 is 1.15 bits per heavy atom. The Labute approximate surface area is 79.8 Å². The van der Waals surface area contributed by atoms with Crippen LogP contribution in [0.25, 0.3) is 0 Å². The highest BCUT2D eigenvalue weighted by Gasteiger charge is 2.07. The van der Waals surface area contributed by atoms with Crippen LogP contribution < -0.4 is 5.43 Å². The molecule has 0 atom stereocenters. The lowest BCUT2D eigenvalue weighted by Crippen LogP contribution is -2.43. The van der Waals surface area contributed by atoms with Gasteiger partial charge >= 0.3 is 0 Å². The zero-order valence-electron chi connectivity index (χ0n) is 8.17. The van der Waals surface area contributed by atoms with Crippen molar-refractivity contribution in [1.29, 1.82) is 0 Å². The molecule has 1 aliphatic heterocycles. The van der Waals surface area contributed by atoms with Gasteiger partial charge in [0.05, 0.1) is 19.8 Å². The Kier molecular flexibility index (Phi) is 6.10. The molecule has 78 valence electrons. The van der Waals surface area contributed by atoms with E-state index in [9.17, 15) is 0 Å². The van der Waals surface area contributed by atoms with Gasteiger partial charge in [-0.15, -0.1) is 0 Å².